The largest absolute Gasteiger partial charge is 0.465 e. The summed E-state index contributed by atoms with van der Waals surface area (Å²) in [6, 6.07) is 13.1. The SMILES string of the molecule is COC(=O)c1cccc(S(=O)(=O)N(Cc2cc3ccc(C)cc3[nH]c2=O)CC2CCCO2)c1. The van der Waals surface area contributed by atoms with Crippen LogP contribution in [0.4, 0.5) is 0 Å². The third-order valence-electron chi connectivity index (χ3n) is 5.75. The number of nitrogens with zero attached hydrogens (tertiary/aromatic N) is 1. The van der Waals surface area contributed by atoms with Crippen molar-refractivity contribution in [2.45, 2.75) is 37.3 Å². The Bertz CT molecular complexity index is 1340. The van der Waals surface area contributed by atoms with Crippen LogP contribution in [-0.4, -0.2) is 50.0 Å². The summed E-state index contributed by atoms with van der Waals surface area (Å²) in [5.41, 5.74) is 1.83. The van der Waals surface area contributed by atoms with Gasteiger partial charge in [0, 0.05) is 30.8 Å². The predicted octanol–water partition coefficient (Wildman–Crippen LogP) is 2.99. The zero-order chi connectivity index (χ0) is 23.6. The summed E-state index contributed by atoms with van der Waals surface area (Å²) in [4.78, 5) is 27.5. The highest BCUT2D eigenvalue weighted by molar-refractivity contribution is 7.89. The van der Waals surface area contributed by atoms with E-state index in [1.807, 2.05) is 25.1 Å². The average molecular weight is 471 g/mol. The fourth-order valence-electron chi connectivity index (χ4n) is 3.98. The van der Waals surface area contributed by atoms with Gasteiger partial charge in [0.1, 0.15) is 0 Å². The smallest absolute Gasteiger partial charge is 0.337 e. The summed E-state index contributed by atoms with van der Waals surface area (Å²) in [5, 5.41) is 0.817. The molecule has 3 aromatic rings. The molecule has 0 radical (unpaired) electrons. The number of carbonyl (C=O) groups is 1. The summed E-state index contributed by atoms with van der Waals surface area (Å²) in [5.74, 6) is -0.626. The molecule has 33 heavy (non-hydrogen) atoms. The van der Waals surface area contributed by atoms with Crippen LogP contribution in [-0.2, 0) is 26.0 Å². The summed E-state index contributed by atoms with van der Waals surface area (Å²) in [6.45, 7) is 2.50. The molecule has 4 rings (SSSR count). The number of sulfonamides is 1. The number of hydrogen-bond donors (Lipinski definition) is 1. The van der Waals surface area contributed by atoms with Crippen molar-refractivity contribution in [2.24, 2.45) is 0 Å². The van der Waals surface area contributed by atoms with Crippen LogP contribution in [0.15, 0.2) is 58.2 Å². The number of benzene rings is 2. The van der Waals surface area contributed by atoms with Gasteiger partial charge >= 0.3 is 5.97 Å². The van der Waals surface area contributed by atoms with Crippen molar-refractivity contribution in [2.75, 3.05) is 20.3 Å². The van der Waals surface area contributed by atoms with Crippen LogP contribution in [0.5, 0.6) is 0 Å². The molecule has 0 amide bonds. The number of H-pyrrole nitrogens is 1. The Labute approximate surface area is 192 Å². The molecule has 1 aromatic heterocycles. The van der Waals surface area contributed by atoms with E-state index in [0.717, 1.165) is 23.8 Å². The molecule has 1 N–H and O–H groups in total. The van der Waals surface area contributed by atoms with Gasteiger partial charge in [0.2, 0.25) is 10.0 Å². The molecule has 174 valence electrons. The minimum absolute atomic E-state index is 0.0451. The van der Waals surface area contributed by atoms with Gasteiger partial charge in [0.25, 0.3) is 5.56 Å². The number of aromatic amines is 1. The highest BCUT2D eigenvalue weighted by Gasteiger charge is 2.30. The fraction of sp³-hybridized carbons (Fsp3) is 0.333. The predicted molar refractivity (Wildman–Crippen MR) is 124 cm³/mol. The van der Waals surface area contributed by atoms with Crippen LogP contribution in [0.2, 0.25) is 0 Å². The molecule has 0 spiro atoms. The molecule has 8 nitrogen and oxygen atoms in total. The van der Waals surface area contributed by atoms with Crippen molar-refractivity contribution in [3.05, 3.63) is 75.6 Å². The highest BCUT2D eigenvalue weighted by Crippen LogP contribution is 2.23. The van der Waals surface area contributed by atoms with Crippen molar-refractivity contribution < 1.29 is 22.7 Å². The maximum atomic E-state index is 13.6. The first-order chi connectivity index (χ1) is 15.8. The van der Waals surface area contributed by atoms with Gasteiger partial charge in [-0.2, -0.15) is 4.31 Å². The molecule has 0 bridgehead atoms. The molecule has 1 unspecified atom stereocenters. The fourth-order valence-corrected chi connectivity index (χ4v) is 5.48. The van der Waals surface area contributed by atoms with Crippen LogP contribution < -0.4 is 5.56 Å². The van der Waals surface area contributed by atoms with E-state index < -0.39 is 16.0 Å². The maximum Gasteiger partial charge on any atom is 0.337 e. The molecule has 0 aliphatic carbocycles. The minimum atomic E-state index is -4.03. The quantitative estimate of drug-likeness (QED) is 0.532. The Morgan fingerprint density at radius 3 is 2.76 bits per heavy atom. The van der Waals surface area contributed by atoms with E-state index in [4.69, 9.17) is 9.47 Å². The van der Waals surface area contributed by atoms with E-state index in [1.165, 1.54) is 35.7 Å². The number of ether oxygens (including phenoxy) is 2. The number of methoxy groups -OCH3 is 1. The average Bonchev–Trinajstić information content (AvgIpc) is 3.32. The number of aromatic nitrogens is 1. The van der Waals surface area contributed by atoms with E-state index in [1.54, 1.807) is 6.07 Å². The summed E-state index contributed by atoms with van der Waals surface area (Å²) in [7, 11) is -2.80. The van der Waals surface area contributed by atoms with Crippen molar-refractivity contribution in [1.29, 1.82) is 0 Å². The van der Waals surface area contributed by atoms with Crippen molar-refractivity contribution in [3.8, 4) is 0 Å². The first kappa shape index (κ1) is 23.2. The van der Waals surface area contributed by atoms with Crippen LogP contribution in [0.1, 0.15) is 34.3 Å². The monoisotopic (exact) mass is 470 g/mol. The van der Waals surface area contributed by atoms with Crippen molar-refractivity contribution >= 4 is 26.9 Å². The van der Waals surface area contributed by atoms with Gasteiger partial charge in [-0.3, -0.25) is 4.79 Å². The lowest BCUT2D eigenvalue weighted by Crippen LogP contribution is -2.38. The van der Waals surface area contributed by atoms with E-state index in [2.05, 4.69) is 4.98 Å². The molecule has 2 heterocycles. The summed E-state index contributed by atoms with van der Waals surface area (Å²) < 4.78 is 38.9. The van der Waals surface area contributed by atoms with Crippen molar-refractivity contribution in [3.63, 3.8) is 0 Å². The van der Waals surface area contributed by atoms with E-state index in [9.17, 15) is 18.0 Å². The molecular weight excluding hydrogens is 444 g/mol. The zero-order valence-electron chi connectivity index (χ0n) is 18.5. The standard InChI is InChI=1S/C24H26N2O6S/c1-16-8-9-17-12-19(23(27)25-22(17)11-16)14-26(15-20-6-4-10-32-20)33(29,30)21-7-3-5-18(13-21)24(28)31-2/h3,5,7-9,11-13,20H,4,6,10,14-15H2,1-2H3,(H,25,27). The van der Waals surface area contributed by atoms with Gasteiger partial charge in [-0.15, -0.1) is 0 Å². The number of pyridine rings is 1. The molecule has 1 aliphatic heterocycles. The van der Waals surface area contributed by atoms with E-state index in [0.29, 0.717) is 17.7 Å². The van der Waals surface area contributed by atoms with Crippen LogP contribution in [0.25, 0.3) is 10.9 Å². The number of esters is 1. The van der Waals surface area contributed by atoms with Gasteiger partial charge in [-0.1, -0.05) is 18.2 Å². The van der Waals surface area contributed by atoms with E-state index >= 15 is 0 Å². The lowest BCUT2D eigenvalue weighted by Gasteiger charge is -2.25. The minimum Gasteiger partial charge on any atom is -0.465 e. The molecule has 1 aliphatic rings. The molecule has 9 heteroatoms. The first-order valence-corrected chi connectivity index (χ1v) is 12.1. The topological polar surface area (TPSA) is 106 Å². The summed E-state index contributed by atoms with van der Waals surface area (Å²) >= 11 is 0. The van der Waals surface area contributed by atoms with Gasteiger partial charge in [0.15, 0.2) is 0 Å². The molecule has 1 saturated heterocycles. The van der Waals surface area contributed by atoms with E-state index in [-0.39, 0.29) is 35.2 Å². The lowest BCUT2D eigenvalue weighted by molar-refractivity contribution is 0.0600. The third-order valence-corrected chi connectivity index (χ3v) is 7.56. The number of hydrogen-bond acceptors (Lipinski definition) is 6. The van der Waals surface area contributed by atoms with Gasteiger partial charge < -0.3 is 14.5 Å². The lowest BCUT2D eigenvalue weighted by atomic mass is 10.1. The maximum absolute atomic E-state index is 13.6. The second kappa shape index (κ2) is 9.46. The van der Waals surface area contributed by atoms with Crippen LogP contribution in [0, 0.1) is 6.92 Å². The second-order valence-electron chi connectivity index (χ2n) is 8.17. The molecule has 2 aromatic carbocycles. The molecular formula is C24H26N2O6S. The number of fused-ring (bicyclic) bond motifs is 1. The Hall–Kier alpha value is -3.01. The molecule has 1 fully saturated rings. The highest BCUT2D eigenvalue weighted by atomic mass is 32.2. The Balaban J connectivity index is 1.73. The van der Waals surface area contributed by atoms with Crippen molar-refractivity contribution in [1.82, 2.24) is 9.29 Å². The van der Waals surface area contributed by atoms with Gasteiger partial charge in [-0.05, 0) is 61.0 Å². The number of nitrogens with one attached hydrogen (secondary N) is 1. The third kappa shape index (κ3) is 5.00. The zero-order valence-corrected chi connectivity index (χ0v) is 19.4. The number of aryl methyl sites for hydroxylation is 1. The second-order valence-corrected chi connectivity index (χ2v) is 10.1. The Morgan fingerprint density at radius 2 is 2.03 bits per heavy atom. The number of carbonyl (C=O) groups excluding carboxylic acids is 1. The normalized spacial score (nSPS) is 16.4. The van der Waals surface area contributed by atoms with Crippen LogP contribution in [0.3, 0.4) is 0 Å². The van der Waals surface area contributed by atoms with Gasteiger partial charge in [-0.25, -0.2) is 13.2 Å². The number of rotatable bonds is 7. The Kier molecular flexibility index (Phi) is 6.64. The summed E-state index contributed by atoms with van der Waals surface area (Å²) in [6.07, 6.45) is 1.33. The van der Waals surface area contributed by atoms with Crippen LogP contribution >= 0.6 is 0 Å². The Morgan fingerprint density at radius 1 is 1.21 bits per heavy atom. The molecule has 0 saturated carbocycles. The van der Waals surface area contributed by atoms with Gasteiger partial charge in [0.05, 0.1) is 23.7 Å². The molecule has 1 atom stereocenters. The first-order valence-electron chi connectivity index (χ1n) is 10.7.